The highest BCUT2D eigenvalue weighted by Gasteiger charge is 2.09. The number of carbonyl (C=O) groups excluding carboxylic acids is 1. The van der Waals surface area contributed by atoms with E-state index in [1.165, 1.54) is 11.8 Å². The third kappa shape index (κ3) is 4.41. The minimum absolute atomic E-state index is 0.114. The van der Waals surface area contributed by atoms with Crippen molar-refractivity contribution in [3.63, 3.8) is 0 Å². The Kier molecular flexibility index (Phi) is 5.39. The van der Waals surface area contributed by atoms with Gasteiger partial charge in [-0.2, -0.15) is 10.2 Å². The van der Waals surface area contributed by atoms with Gasteiger partial charge in [-0.1, -0.05) is 36.0 Å². The van der Waals surface area contributed by atoms with Gasteiger partial charge >= 0.3 is 0 Å². The number of carbonyl (C=O) groups is 1. The second-order valence-electron chi connectivity index (χ2n) is 5.83. The number of thioether (sulfide) groups is 1. The van der Waals surface area contributed by atoms with Crippen molar-refractivity contribution in [1.29, 1.82) is 0 Å². The molecule has 0 atom stereocenters. The number of anilines is 1. The molecule has 4 rings (SSSR count). The fourth-order valence-electron chi connectivity index (χ4n) is 2.47. The average molecular weight is 388 g/mol. The van der Waals surface area contributed by atoms with Crippen LogP contribution in [0.5, 0.6) is 0 Å². The maximum Gasteiger partial charge on any atom is 0.234 e. The quantitative estimate of drug-likeness (QED) is 0.377. The van der Waals surface area contributed by atoms with Crippen molar-refractivity contribution in [2.75, 3.05) is 11.1 Å². The molecule has 0 unspecified atom stereocenters. The normalized spacial score (nSPS) is 11.1. The summed E-state index contributed by atoms with van der Waals surface area (Å²) in [5.74, 6) is 0.127. The van der Waals surface area contributed by atoms with Gasteiger partial charge in [0.05, 0.1) is 17.1 Å². The molecule has 2 aromatic carbocycles. The molecule has 2 heterocycles. The Bertz CT molecular complexity index is 1110. The molecule has 28 heavy (non-hydrogen) atoms. The van der Waals surface area contributed by atoms with E-state index < -0.39 is 0 Å². The van der Waals surface area contributed by atoms with Crippen LogP contribution in [0, 0.1) is 0 Å². The number of azo groups is 1. The molecular formula is C20H16N6OS. The van der Waals surface area contributed by atoms with Gasteiger partial charge in [0.25, 0.3) is 0 Å². The molecule has 8 heteroatoms. The van der Waals surface area contributed by atoms with Crippen LogP contribution in [0.3, 0.4) is 0 Å². The van der Waals surface area contributed by atoms with Crippen LogP contribution < -0.4 is 5.32 Å². The molecule has 2 aromatic heterocycles. The number of nitrogens with one attached hydrogen (secondary N) is 1. The molecule has 4 aromatic rings. The summed E-state index contributed by atoms with van der Waals surface area (Å²) in [6.45, 7) is 0. The molecule has 0 aliphatic carbocycles. The van der Waals surface area contributed by atoms with Crippen LogP contribution in [0.2, 0.25) is 0 Å². The summed E-state index contributed by atoms with van der Waals surface area (Å²) < 4.78 is 1.85. The largest absolute Gasteiger partial charge is 0.325 e. The van der Waals surface area contributed by atoms with Gasteiger partial charge in [0.1, 0.15) is 0 Å². The third-order valence-electron chi connectivity index (χ3n) is 3.80. The van der Waals surface area contributed by atoms with Crippen LogP contribution in [0.15, 0.2) is 94.4 Å². The van der Waals surface area contributed by atoms with E-state index in [9.17, 15) is 4.79 Å². The maximum atomic E-state index is 12.2. The van der Waals surface area contributed by atoms with E-state index in [4.69, 9.17) is 0 Å². The van der Waals surface area contributed by atoms with Gasteiger partial charge < -0.3 is 5.32 Å². The van der Waals surface area contributed by atoms with Crippen molar-refractivity contribution in [2.45, 2.75) is 5.16 Å². The Morgan fingerprint density at radius 2 is 1.61 bits per heavy atom. The summed E-state index contributed by atoms with van der Waals surface area (Å²) in [6, 6.07) is 22.4. The maximum absolute atomic E-state index is 12.2. The number of benzene rings is 2. The Morgan fingerprint density at radius 3 is 2.39 bits per heavy atom. The number of nitrogens with zero attached hydrogens (tertiary/aromatic N) is 5. The van der Waals surface area contributed by atoms with Crippen molar-refractivity contribution in [2.24, 2.45) is 10.2 Å². The summed E-state index contributed by atoms with van der Waals surface area (Å²) in [6.07, 6.45) is 1.87. The van der Waals surface area contributed by atoms with Crippen molar-refractivity contribution >= 4 is 40.4 Å². The lowest BCUT2D eigenvalue weighted by Crippen LogP contribution is -2.14. The molecule has 7 nitrogen and oxygen atoms in total. The Labute approximate surface area is 165 Å². The van der Waals surface area contributed by atoms with Gasteiger partial charge in [0.15, 0.2) is 10.8 Å². The van der Waals surface area contributed by atoms with Crippen LogP contribution in [0.1, 0.15) is 0 Å². The molecule has 0 saturated heterocycles. The van der Waals surface area contributed by atoms with Gasteiger partial charge in [0, 0.05) is 11.9 Å². The third-order valence-corrected chi connectivity index (χ3v) is 4.75. The Balaban J connectivity index is 1.32. The van der Waals surface area contributed by atoms with Crippen molar-refractivity contribution in [3.8, 4) is 0 Å². The number of hydrogen-bond acceptors (Lipinski definition) is 6. The van der Waals surface area contributed by atoms with Crippen LogP contribution in [-0.2, 0) is 4.79 Å². The zero-order valence-electron chi connectivity index (χ0n) is 14.8. The number of fused-ring (bicyclic) bond motifs is 1. The first-order valence-corrected chi connectivity index (χ1v) is 9.56. The number of aromatic nitrogens is 3. The Hall–Kier alpha value is -3.52. The fourth-order valence-corrected chi connectivity index (χ4v) is 3.19. The van der Waals surface area contributed by atoms with Gasteiger partial charge in [-0.25, -0.2) is 0 Å². The summed E-state index contributed by atoms with van der Waals surface area (Å²) in [4.78, 5) is 12.2. The molecule has 0 saturated carbocycles. The van der Waals surface area contributed by atoms with Gasteiger partial charge in [-0.05, 0) is 48.5 Å². The lowest BCUT2D eigenvalue weighted by Gasteiger charge is -2.04. The SMILES string of the molecule is O=C(CSc1nnc2ccccn12)Nc1ccc(N=Nc2ccccc2)cc1. The predicted molar refractivity (Wildman–Crippen MR) is 109 cm³/mol. The number of pyridine rings is 1. The van der Waals surface area contributed by atoms with Crippen LogP contribution >= 0.6 is 11.8 Å². The number of amides is 1. The van der Waals surface area contributed by atoms with Crippen molar-refractivity contribution < 1.29 is 4.79 Å². The van der Waals surface area contributed by atoms with Crippen molar-refractivity contribution in [1.82, 2.24) is 14.6 Å². The smallest absolute Gasteiger partial charge is 0.234 e. The van der Waals surface area contributed by atoms with E-state index in [1.54, 1.807) is 24.3 Å². The molecule has 0 aliphatic heterocycles. The average Bonchev–Trinajstić information content (AvgIpc) is 3.16. The van der Waals surface area contributed by atoms with Gasteiger partial charge in [0.2, 0.25) is 5.91 Å². The first kappa shape index (κ1) is 17.9. The minimum Gasteiger partial charge on any atom is -0.325 e. The highest BCUT2D eigenvalue weighted by Crippen LogP contribution is 2.21. The molecule has 0 radical (unpaired) electrons. The van der Waals surface area contributed by atoms with E-state index in [2.05, 4.69) is 25.7 Å². The first-order valence-electron chi connectivity index (χ1n) is 8.57. The summed E-state index contributed by atoms with van der Waals surface area (Å²) in [7, 11) is 0. The molecule has 0 spiro atoms. The molecule has 0 bridgehead atoms. The summed E-state index contributed by atoms with van der Waals surface area (Å²) in [5, 5.41) is 20.1. The fraction of sp³-hybridized carbons (Fsp3) is 0.0500. The van der Waals surface area contributed by atoms with Gasteiger partial charge in [-0.3, -0.25) is 9.20 Å². The number of rotatable bonds is 6. The number of hydrogen-bond donors (Lipinski definition) is 1. The molecule has 0 fully saturated rings. The van der Waals surface area contributed by atoms with Gasteiger partial charge in [-0.15, -0.1) is 10.2 Å². The second kappa shape index (κ2) is 8.45. The highest BCUT2D eigenvalue weighted by atomic mass is 32.2. The molecule has 1 amide bonds. The van der Waals surface area contributed by atoms with Crippen molar-refractivity contribution in [3.05, 3.63) is 79.0 Å². The van der Waals surface area contributed by atoms with E-state index in [-0.39, 0.29) is 11.7 Å². The lowest BCUT2D eigenvalue weighted by molar-refractivity contribution is -0.113. The minimum atomic E-state index is -0.114. The lowest BCUT2D eigenvalue weighted by atomic mass is 10.3. The molecule has 1 N–H and O–H groups in total. The van der Waals surface area contributed by atoms with E-state index in [0.29, 0.717) is 16.5 Å². The molecular weight excluding hydrogens is 372 g/mol. The summed E-state index contributed by atoms with van der Waals surface area (Å²) >= 11 is 1.34. The zero-order chi connectivity index (χ0) is 19.2. The monoisotopic (exact) mass is 388 g/mol. The highest BCUT2D eigenvalue weighted by molar-refractivity contribution is 7.99. The standard InChI is InChI=1S/C20H16N6OS/c27-19(14-28-20-25-24-18-8-4-5-13-26(18)20)21-15-9-11-17(12-10-15)23-22-16-6-2-1-3-7-16/h1-13H,14H2,(H,21,27). The predicted octanol–water partition coefficient (Wildman–Crippen LogP) is 4.88. The first-order chi connectivity index (χ1) is 13.8. The zero-order valence-corrected chi connectivity index (χ0v) is 15.6. The van der Waals surface area contributed by atoms with E-state index in [0.717, 1.165) is 11.3 Å². The van der Waals surface area contributed by atoms with Crippen LogP contribution in [0.25, 0.3) is 5.65 Å². The second-order valence-corrected chi connectivity index (χ2v) is 6.77. The molecule has 138 valence electrons. The Morgan fingerprint density at radius 1 is 0.893 bits per heavy atom. The van der Waals surface area contributed by atoms with Crippen LogP contribution in [-0.4, -0.2) is 26.3 Å². The topological polar surface area (TPSA) is 84.0 Å². The molecule has 0 aliphatic rings. The van der Waals surface area contributed by atoms with Crippen LogP contribution in [0.4, 0.5) is 17.1 Å². The van der Waals surface area contributed by atoms with E-state index >= 15 is 0 Å². The summed E-state index contributed by atoms with van der Waals surface area (Å²) in [5.41, 5.74) is 2.96. The van der Waals surface area contributed by atoms with E-state index in [1.807, 2.05) is 59.1 Å².